The number of alkyl halides is 2. The van der Waals surface area contributed by atoms with Crippen molar-refractivity contribution in [1.29, 1.82) is 0 Å². The van der Waals surface area contributed by atoms with Gasteiger partial charge >= 0.3 is 5.92 Å². The molecule has 0 saturated heterocycles. The van der Waals surface area contributed by atoms with E-state index in [-0.39, 0.29) is 5.56 Å². The molecule has 0 spiro atoms. The summed E-state index contributed by atoms with van der Waals surface area (Å²) in [5.74, 6) is -3.25. The first-order valence-electron chi connectivity index (χ1n) is 4.11. The highest BCUT2D eigenvalue weighted by Crippen LogP contribution is 2.39. The first-order chi connectivity index (χ1) is 6.25. The number of hydrogen-bond acceptors (Lipinski definition) is 1. The van der Waals surface area contributed by atoms with Gasteiger partial charge in [0, 0.05) is 10.0 Å². The minimum Gasteiger partial charge on any atom is -0.384 e. The van der Waals surface area contributed by atoms with Crippen molar-refractivity contribution in [3.8, 4) is 0 Å². The fourth-order valence-corrected chi connectivity index (χ4v) is 1.44. The van der Waals surface area contributed by atoms with E-state index in [1.54, 1.807) is 6.07 Å². The topological polar surface area (TPSA) is 20.2 Å². The second-order valence-corrected chi connectivity index (χ2v) is 4.56. The predicted molar refractivity (Wildman–Crippen MR) is 54.3 cm³/mol. The number of benzene rings is 1. The molecule has 0 heterocycles. The standard InChI is InChI=1S/C10H11BrF2O/c1-9(2,14)10(12,13)7-4-3-5-8(11)6-7/h3-6,14H,1-2H3. The summed E-state index contributed by atoms with van der Waals surface area (Å²) in [6.07, 6.45) is 0. The third-order valence-corrected chi connectivity index (χ3v) is 2.45. The van der Waals surface area contributed by atoms with Gasteiger partial charge in [0.25, 0.3) is 0 Å². The zero-order chi connectivity index (χ0) is 11.0. The molecule has 1 aromatic carbocycles. The Morgan fingerprint density at radius 1 is 1.29 bits per heavy atom. The molecule has 0 radical (unpaired) electrons. The molecule has 0 bridgehead atoms. The molecular weight excluding hydrogens is 254 g/mol. The molecule has 0 saturated carbocycles. The first kappa shape index (κ1) is 11.6. The van der Waals surface area contributed by atoms with E-state index in [0.717, 1.165) is 13.8 Å². The van der Waals surface area contributed by atoms with E-state index in [1.807, 2.05) is 0 Å². The van der Waals surface area contributed by atoms with Crippen LogP contribution in [0.3, 0.4) is 0 Å². The molecule has 1 N–H and O–H groups in total. The molecule has 0 unspecified atom stereocenters. The third kappa shape index (κ3) is 2.12. The van der Waals surface area contributed by atoms with Crippen LogP contribution in [0.25, 0.3) is 0 Å². The van der Waals surface area contributed by atoms with E-state index >= 15 is 0 Å². The van der Waals surface area contributed by atoms with Crippen molar-refractivity contribution in [2.75, 3.05) is 0 Å². The summed E-state index contributed by atoms with van der Waals surface area (Å²) in [4.78, 5) is 0. The summed E-state index contributed by atoms with van der Waals surface area (Å²) >= 11 is 3.11. The highest BCUT2D eigenvalue weighted by molar-refractivity contribution is 9.10. The van der Waals surface area contributed by atoms with Crippen LogP contribution < -0.4 is 0 Å². The van der Waals surface area contributed by atoms with Crippen molar-refractivity contribution in [3.63, 3.8) is 0 Å². The molecule has 78 valence electrons. The maximum Gasteiger partial charge on any atom is 0.300 e. The summed E-state index contributed by atoms with van der Waals surface area (Å²) in [6.45, 7) is 2.18. The molecule has 14 heavy (non-hydrogen) atoms. The Balaban J connectivity index is 3.16. The molecular formula is C10H11BrF2O. The molecule has 0 aromatic heterocycles. The SMILES string of the molecule is CC(C)(O)C(F)(F)c1cccc(Br)c1. The molecule has 0 aliphatic heterocycles. The first-order valence-corrected chi connectivity index (χ1v) is 4.90. The lowest BCUT2D eigenvalue weighted by atomic mass is 9.94. The van der Waals surface area contributed by atoms with Gasteiger partial charge in [0.05, 0.1) is 0 Å². The van der Waals surface area contributed by atoms with Crippen LogP contribution in [0.5, 0.6) is 0 Å². The van der Waals surface area contributed by atoms with Crippen LogP contribution in [-0.2, 0) is 5.92 Å². The number of rotatable bonds is 2. The van der Waals surface area contributed by atoms with Crippen LogP contribution >= 0.6 is 15.9 Å². The van der Waals surface area contributed by atoms with Gasteiger partial charge in [-0.15, -0.1) is 0 Å². The van der Waals surface area contributed by atoms with Crippen molar-refractivity contribution in [1.82, 2.24) is 0 Å². The van der Waals surface area contributed by atoms with Gasteiger partial charge in [-0.3, -0.25) is 0 Å². The minimum absolute atomic E-state index is 0.195. The van der Waals surface area contributed by atoms with Gasteiger partial charge < -0.3 is 5.11 Å². The van der Waals surface area contributed by atoms with Gasteiger partial charge in [-0.05, 0) is 26.0 Å². The van der Waals surface area contributed by atoms with E-state index in [9.17, 15) is 13.9 Å². The van der Waals surface area contributed by atoms with E-state index in [4.69, 9.17) is 0 Å². The Kier molecular flexibility index (Phi) is 2.97. The van der Waals surface area contributed by atoms with E-state index in [2.05, 4.69) is 15.9 Å². The smallest absolute Gasteiger partial charge is 0.300 e. The van der Waals surface area contributed by atoms with Crippen molar-refractivity contribution in [2.45, 2.75) is 25.4 Å². The molecule has 1 nitrogen and oxygen atoms in total. The van der Waals surface area contributed by atoms with Gasteiger partial charge in [0.15, 0.2) is 0 Å². The van der Waals surface area contributed by atoms with E-state index in [0.29, 0.717) is 4.47 Å². The van der Waals surface area contributed by atoms with Crippen LogP contribution in [0, 0.1) is 0 Å². The lowest BCUT2D eigenvalue weighted by Crippen LogP contribution is -2.40. The van der Waals surface area contributed by atoms with Crippen molar-refractivity contribution in [2.24, 2.45) is 0 Å². The Hall–Kier alpha value is -0.480. The number of hydrogen-bond donors (Lipinski definition) is 1. The Labute approximate surface area is 89.9 Å². The van der Waals surface area contributed by atoms with Gasteiger partial charge in [0.1, 0.15) is 5.60 Å². The summed E-state index contributed by atoms with van der Waals surface area (Å²) in [5, 5.41) is 9.32. The largest absolute Gasteiger partial charge is 0.384 e. The maximum absolute atomic E-state index is 13.6. The monoisotopic (exact) mass is 264 g/mol. The van der Waals surface area contributed by atoms with Crippen molar-refractivity contribution in [3.05, 3.63) is 34.3 Å². The lowest BCUT2D eigenvalue weighted by Gasteiger charge is -2.29. The highest BCUT2D eigenvalue weighted by Gasteiger charge is 2.46. The maximum atomic E-state index is 13.6. The summed E-state index contributed by atoms with van der Waals surface area (Å²) in [6, 6.07) is 5.77. The van der Waals surface area contributed by atoms with Crippen LogP contribution in [-0.4, -0.2) is 10.7 Å². The van der Waals surface area contributed by atoms with E-state index in [1.165, 1.54) is 18.2 Å². The van der Waals surface area contributed by atoms with Crippen LogP contribution in [0.15, 0.2) is 28.7 Å². The van der Waals surface area contributed by atoms with Gasteiger partial charge in [-0.2, -0.15) is 8.78 Å². The second-order valence-electron chi connectivity index (χ2n) is 3.64. The highest BCUT2D eigenvalue weighted by atomic mass is 79.9. The predicted octanol–water partition coefficient (Wildman–Crippen LogP) is 3.31. The summed E-state index contributed by atoms with van der Waals surface area (Å²) in [7, 11) is 0. The normalized spacial score (nSPS) is 13.0. The lowest BCUT2D eigenvalue weighted by molar-refractivity contribution is -0.168. The van der Waals surface area contributed by atoms with Crippen LogP contribution in [0.1, 0.15) is 19.4 Å². The van der Waals surface area contributed by atoms with Crippen molar-refractivity contribution >= 4 is 15.9 Å². The molecule has 0 fully saturated rings. The Bertz CT molecular complexity index is 331. The molecule has 0 aliphatic rings. The summed E-state index contributed by atoms with van der Waals surface area (Å²) < 4.78 is 27.7. The molecule has 0 atom stereocenters. The van der Waals surface area contributed by atoms with Crippen LogP contribution in [0.2, 0.25) is 0 Å². The average molecular weight is 265 g/mol. The quantitative estimate of drug-likeness (QED) is 0.869. The number of aliphatic hydroxyl groups is 1. The molecule has 4 heteroatoms. The molecule has 0 aliphatic carbocycles. The number of halogens is 3. The molecule has 1 aromatic rings. The Morgan fingerprint density at radius 3 is 2.29 bits per heavy atom. The second kappa shape index (κ2) is 3.59. The third-order valence-electron chi connectivity index (χ3n) is 1.96. The zero-order valence-corrected chi connectivity index (χ0v) is 9.48. The molecule has 1 rings (SSSR count). The van der Waals surface area contributed by atoms with Crippen molar-refractivity contribution < 1.29 is 13.9 Å². The Morgan fingerprint density at radius 2 is 1.86 bits per heavy atom. The zero-order valence-electron chi connectivity index (χ0n) is 7.89. The van der Waals surface area contributed by atoms with Gasteiger partial charge in [-0.25, -0.2) is 0 Å². The summed E-state index contributed by atoms with van der Waals surface area (Å²) in [5.41, 5.74) is -2.26. The van der Waals surface area contributed by atoms with Crippen LogP contribution in [0.4, 0.5) is 8.78 Å². The van der Waals surface area contributed by atoms with Gasteiger partial charge in [-0.1, -0.05) is 28.1 Å². The van der Waals surface area contributed by atoms with Gasteiger partial charge in [0.2, 0.25) is 0 Å². The fraction of sp³-hybridized carbons (Fsp3) is 0.400. The van der Waals surface area contributed by atoms with E-state index < -0.39 is 11.5 Å². The fourth-order valence-electron chi connectivity index (χ4n) is 1.04. The minimum atomic E-state index is -3.25. The average Bonchev–Trinajstić information content (AvgIpc) is 2.02. The molecule has 0 amide bonds.